The lowest BCUT2D eigenvalue weighted by Gasteiger charge is -2.31. The minimum Gasteiger partial charge on any atom is -0.369 e. The Kier molecular flexibility index (Phi) is 3.22. The molecule has 6 heteroatoms. The topological polar surface area (TPSA) is 57.3 Å². The van der Waals surface area contributed by atoms with Crippen LogP contribution in [-0.2, 0) is 5.41 Å². The standard InChI is InChI=1S/C19H19ClN4O/c20-15-6-7-21-17-16(15)19(11-23-17,12-4-5-12)13-2-1-3-14(10-13)24-9-8-22-18(24)25/h1-3,6-7,10,12H,4-5,8-9,11H2,(H,21,23)(H,22,25). The lowest BCUT2D eigenvalue weighted by molar-refractivity contribution is 0.252. The SMILES string of the molecule is O=C1NCCN1c1cccc(C2(C3CC3)CNc3nccc(Cl)c32)c1. The Bertz CT molecular complexity index is 866. The van der Waals surface area contributed by atoms with Gasteiger partial charge < -0.3 is 10.6 Å². The Labute approximate surface area is 151 Å². The lowest BCUT2D eigenvalue weighted by atomic mass is 9.72. The van der Waals surface area contributed by atoms with Crippen LogP contribution in [0.3, 0.4) is 0 Å². The summed E-state index contributed by atoms with van der Waals surface area (Å²) < 4.78 is 0. The van der Waals surface area contributed by atoms with Crippen molar-refractivity contribution in [3.05, 3.63) is 52.7 Å². The van der Waals surface area contributed by atoms with Gasteiger partial charge in [-0.05, 0) is 42.5 Å². The number of urea groups is 1. The van der Waals surface area contributed by atoms with Gasteiger partial charge in [-0.3, -0.25) is 4.90 Å². The molecule has 2 N–H and O–H groups in total. The molecular weight excluding hydrogens is 336 g/mol. The molecule has 1 aromatic heterocycles. The molecule has 0 bridgehead atoms. The fraction of sp³-hybridized carbons (Fsp3) is 0.368. The number of fused-ring (bicyclic) bond motifs is 1. The smallest absolute Gasteiger partial charge is 0.321 e. The molecule has 128 valence electrons. The highest BCUT2D eigenvalue weighted by Crippen LogP contribution is 2.57. The Morgan fingerprint density at radius 3 is 2.88 bits per heavy atom. The number of rotatable bonds is 3. The second-order valence-corrected chi connectivity index (χ2v) is 7.46. The van der Waals surface area contributed by atoms with Gasteiger partial charge in [-0.2, -0.15) is 0 Å². The molecule has 2 aromatic rings. The number of amides is 2. The molecule has 2 aliphatic heterocycles. The van der Waals surface area contributed by atoms with Crippen molar-refractivity contribution in [2.45, 2.75) is 18.3 Å². The summed E-state index contributed by atoms with van der Waals surface area (Å²) in [6.45, 7) is 2.20. The van der Waals surface area contributed by atoms with Gasteiger partial charge in [0.25, 0.3) is 0 Å². The molecule has 25 heavy (non-hydrogen) atoms. The van der Waals surface area contributed by atoms with Gasteiger partial charge in [0.05, 0.1) is 0 Å². The van der Waals surface area contributed by atoms with Crippen LogP contribution in [0.25, 0.3) is 0 Å². The molecule has 5 nitrogen and oxygen atoms in total. The number of pyridine rings is 1. The van der Waals surface area contributed by atoms with Crippen LogP contribution in [0.2, 0.25) is 5.02 Å². The number of hydrogen-bond acceptors (Lipinski definition) is 3. The molecule has 2 amide bonds. The summed E-state index contributed by atoms with van der Waals surface area (Å²) in [5.74, 6) is 1.45. The molecule has 2 fully saturated rings. The predicted octanol–water partition coefficient (Wildman–Crippen LogP) is 3.39. The van der Waals surface area contributed by atoms with Gasteiger partial charge in [-0.25, -0.2) is 9.78 Å². The maximum Gasteiger partial charge on any atom is 0.321 e. The molecule has 3 heterocycles. The molecule has 1 aliphatic carbocycles. The summed E-state index contributed by atoms with van der Waals surface area (Å²) in [6.07, 6.45) is 4.14. The van der Waals surface area contributed by atoms with E-state index in [0.29, 0.717) is 19.0 Å². The summed E-state index contributed by atoms with van der Waals surface area (Å²) >= 11 is 6.61. The zero-order valence-electron chi connectivity index (χ0n) is 13.8. The van der Waals surface area contributed by atoms with E-state index in [1.54, 1.807) is 11.1 Å². The molecule has 0 radical (unpaired) electrons. The van der Waals surface area contributed by atoms with E-state index in [1.165, 1.54) is 18.4 Å². The Morgan fingerprint density at radius 1 is 1.24 bits per heavy atom. The van der Waals surface area contributed by atoms with Crippen LogP contribution < -0.4 is 15.5 Å². The summed E-state index contributed by atoms with van der Waals surface area (Å²) in [5.41, 5.74) is 3.11. The van der Waals surface area contributed by atoms with Crippen molar-refractivity contribution >= 4 is 29.1 Å². The van der Waals surface area contributed by atoms with Crippen molar-refractivity contribution in [1.29, 1.82) is 0 Å². The maximum atomic E-state index is 12.1. The largest absolute Gasteiger partial charge is 0.369 e. The van der Waals surface area contributed by atoms with E-state index >= 15 is 0 Å². The quantitative estimate of drug-likeness (QED) is 0.888. The van der Waals surface area contributed by atoms with E-state index < -0.39 is 0 Å². The van der Waals surface area contributed by atoms with Crippen LogP contribution in [0, 0.1) is 5.92 Å². The summed E-state index contributed by atoms with van der Waals surface area (Å²) in [7, 11) is 0. The number of carbonyl (C=O) groups excluding carboxylic acids is 1. The first-order valence-corrected chi connectivity index (χ1v) is 9.13. The summed E-state index contributed by atoms with van der Waals surface area (Å²) in [5, 5.41) is 7.10. The molecule has 3 aliphatic rings. The molecular formula is C19H19ClN4O. The number of halogens is 1. The van der Waals surface area contributed by atoms with E-state index in [0.717, 1.165) is 28.6 Å². The van der Waals surface area contributed by atoms with Crippen LogP contribution in [0.15, 0.2) is 36.5 Å². The van der Waals surface area contributed by atoms with Crippen LogP contribution in [0.4, 0.5) is 16.3 Å². The van der Waals surface area contributed by atoms with Gasteiger partial charge in [0.15, 0.2) is 0 Å². The van der Waals surface area contributed by atoms with Gasteiger partial charge in [0.2, 0.25) is 0 Å². The van der Waals surface area contributed by atoms with Crippen molar-refractivity contribution in [2.24, 2.45) is 5.92 Å². The number of nitrogens with one attached hydrogen (secondary N) is 2. The second-order valence-electron chi connectivity index (χ2n) is 7.05. The molecule has 1 saturated heterocycles. The van der Waals surface area contributed by atoms with Crippen LogP contribution in [0.5, 0.6) is 0 Å². The molecule has 0 spiro atoms. The fourth-order valence-electron chi connectivity index (χ4n) is 4.38. The fourth-order valence-corrected chi connectivity index (χ4v) is 4.70. The van der Waals surface area contributed by atoms with Gasteiger partial charge in [0, 0.05) is 47.5 Å². The van der Waals surface area contributed by atoms with E-state index in [2.05, 4.69) is 27.8 Å². The molecule has 1 saturated carbocycles. The predicted molar refractivity (Wildman–Crippen MR) is 98.4 cm³/mol. The number of hydrogen-bond donors (Lipinski definition) is 2. The first-order valence-electron chi connectivity index (χ1n) is 8.75. The summed E-state index contributed by atoms with van der Waals surface area (Å²) in [6, 6.07) is 10.2. The van der Waals surface area contributed by atoms with Crippen molar-refractivity contribution in [1.82, 2.24) is 10.3 Å². The van der Waals surface area contributed by atoms with E-state index in [1.807, 2.05) is 18.2 Å². The lowest BCUT2D eigenvalue weighted by Crippen LogP contribution is -2.33. The van der Waals surface area contributed by atoms with Crippen LogP contribution in [0.1, 0.15) is 24.0 Å². The zero-order valence-corrected chi connectivity index (χ0v) is 14.5. The van der Waals surface area contributed by atoms with E-state index in [9.17, 15) is 4.79 Å². The van der Waals surface area contributed by atoms with Gasteiger partial charge in [0.1, 0.15) is 5.82 Å². The number of benzene rings is 1. The highest BCUT2D eigenvalue weighted by Gasteiger charge is 2.53. The molecule has 1 unspecified atom stereocenters. The number of carbonyl (C=O) groups is 1. The normalized spacial score (nSPS) is 24.8. The first kappa shape index (κ1) is 15.0. The second kappa shape index (κ2) is 5.36. The van der Waals surface area contributed by atoms with Gasteiger partial charge in [-0.15, -0.1) is 0 Å². The van der Waals surface area contributed by atoms with Gasteiger partial charge >= 0.3 is 6.03 Å². The third-order valence-electron chi connectivity index (χ3n) is 5.68. The van der Waals surface area contributed by atoms with E-state index in [4.69, 9.17) is 11.6 Å². The average molecular weight is 355 g/mol. The number of aromatic nitrogens is 1. The molecule has 5 rings (SSSR count). The zero-order chi connectivity index (χ0) is 17.0. The number of anilines is 2. The van der Waals surface area contributed by atoms with E-state index in [-0.39, 0.29) is 11.4 Å². The molecule has 1 atom stereocenters. The molecule has 1 aromatic carbocycles. The Hall–Kier alpha value is -2.27. The van der Waals surface area contributed by atoms with Crippen molar-refractivity contribution in [2.75, 3.05) is 29.9 Å². The minimum absolute atomic E-state index is 0.0257. The number of nitrogens with zero attached hydrogens (tertiary/aromatic N) is 2. The highest BCUT2D eigenvalue weighted by molar-refractivity contribution is 6.32. The first-order chi connectivity index (χ1) is 12.2. The van der Waals surface area contributed by atoms with Crippen molar-refractivity contribution in [3.8, 4) is 0 Å². The average Bonchev–Trinajstić information content (AvgIpc) is 3.27. The summed E-state index contributed by atoms with van der Waals surface area (Å²) in [4.78, 5) is 18.4. The Balaban J connectivity index is 1.66. The van der Waals surface area contributed by atoms with Crippen molar-refractivity contribution in [3.63, 3.8) is 0 Å². The van der Waals surface area contributed by atoms with Gasteiger partial charge in [-0.1, -0.05) is 23.7 Å². The van der Waals surface area contributed by atoms with Crippen LogP contribution >= 0.6 is 11.6 Å². The highest BCUT2D eigenvalue weighted by atomic mass is 35.5. The minimum atomic E-state index is -0.160. The Morgan fingerprint density at radius 2 is 2.12 bits per heavy atom. The van der Waals surface area contributed by atoms with Crippen molar-refractivity contribution < 1.29 is 4.79 Å². The third kappa shape index (κ3) is 2.15. The monoisotopic (exact) mass is 354 g/mol. The third-order valence-corrected chi connectivity index (χ3v) is 6.00. The van der Waals surface area contributed by atoms with Crippen LogP contribution in [-0.4, -0.2) is 30.6 Å². The maximum absolute atomic E-state index is 12.1.